The second-order valence-electron chi connectivity index (χ2n) is 6.53. The molecule has 108 valence electrons. The van der Waals surface area contributed by atoms with Gasteiger partial charge in [0.05, 0.1) is 6.42 Å². The molecule has 4 unspecified atom stereocenters. The lowest BCUT2D eigenvalue weighted by Gasteiger charge is -2.52. The van der Waals surface area contributed by atoms with Crippen LogP contribution in [0.5, 0.6) is 0 Å². The number of hydrogen-bond acceptors (Lipinski definition) is 5. The average Bonchev–Trinajstić information content (AvgIpc) is 2.30. The van der Waals surface area contributed by atoms with Gasteiger partial charge in [0.25, 0.3) is 5.54 Å². The summed E-state index contributed by atoms with van der Waals surface area (Å²) in [6, 6.07) is 0. The number of fused-ring (bicyclic) bond motifs is 1. The van der Waals surface area contributed by atoms with Crippen LogP contribution in [0.25, 0.3) is 0 Å². The van der Waals surface area contributed by atoms with Crippen LogP contribution in [0.4, 0.5) is 0 Å². The third kappa shape index (κ3) is 1.82. The van der Waals surface area contributed by atoms with Crippen molar-refractivity contribution in [3.05, 3.63) is 20.2 Å². The fourth-order valence-electron chi connectivity index (χ4n) is 4.07. The number of aliphatic hydroxyl groups is 1. The predicted octanol–water partition coefficient (Wildman–Crippen LogP) is 1.77. The van der Waals surface area contributed by atoms with E-state index < -0.39 is 26.5 Å². The number of nitro groups is 2. The first-order chi connectivity index (χ1) is 8.66. The fraction of sp³-hybridized carbons (Fsp3) is 1.00. The summed E-state index contributed by atoms with van der Waals surface area (Å²) >= 11 is 0. The smallest absolute Gasteiger partial charge is 0.254 e. The van der Waals surface area contributed by atoms with E-state index in [4.69, 9.17) is 0 Å². The van der Waals surface area contributed by atoms with Crippen LogP contribution in [-0.2, 0) is 0 Å². The molecule has 0 radical (unpaired) electrons. The molecule has 2 fully saturated rings. The Hall–Kier alpha value is -1.24. The predicted molar refractivity (Wildman–Crippen MR) is 66.9 cm³/mol. The summed E-state index contributed by atoms with van der Waals surface area (Å²) in [5, 5.41) is 33.6. The lowest BCUT2D eigenvalue weighted by Crippen LogP contribution is -2.69. The zero-order valence-corrected chi connectivity index (χ0v) is 11.3. The van der Waals surface area contributed by atoms with Crippen molar-refractivity contribution in [2.24, 2.45) is 5.92 Å². The molecule has 0 aromatic rings. The molecule has 19 heavy (non-hydrogen) atoms. The minimum Gasteiger partial charge on any atom is -0.382 e. The Morgan fingerprint density at radius 1 is 1.16 bits per heavy atom. The van der Waals surface area contributed by atoms with E-state index in [2.05, 4.69) is 0 Å². The fourth-order valence-corrected chi connectivity index (χ4v) is 4.07. The van der Waals surface area contributed by atoms with E-state index >= 15 is 0 Å². The SMILES string of the molecule is CC1([N+](=O)[O-])CC2CCCCC2(O)C(C)([N+](=O)[O-])C1. The number of nitrogens with zero attached hydrogens (tertiary/aromatic N) is 2. The molecular weight excluding hydrogens is 252 g/mol. The molecule has 0 spiro atoms. The minimum absolute atomic E-state index is 0.215. The molecule has 4 atom stereocenters. The highest BCUT2D eigenvalue weighted by atomic mass is 16.6. The van der Waals surface area contributed by atoms with Crippen molar-refractivity contribution in [2.45, 2.75) is 69.1 Å². The largest absolute Gasteiger partial charge is 0.382 e. The highest BCUT2D eigenvalue weighted by Gasteiger charge is 2.70. The number of rotatable bonds is 2. The topological polar surface area (TPSA) is 107 Å². The van der Waals surface area contributed by atoms with Crippen molar-refractivity contribution >= 4 is 0 Å². The Morgan fingerprint density at radius 2 is 1.79 bits per heavy atom. The van der Waals surface area contributed by atoms with Crippen LogP contribution >= 0.6 is 0 Å². The zero-order valence-electron chi connectivity index (χ0n) is 11.3. The van der Waals surface area contributed by atoms with E-state index in [9.17, 15) is 25.3 Å². The van der Waals surface area contributed by atoms with Crippen LogP contribution in [0.3, 0.4) is 0 Å². The molecule has 0 heterocycles. The molecular formula is C12H20N2O5. The highest BCUT2D eigenvalue weighted by Crippen LogP contribution is 2.54. The van der Waals surface area contributed by atoms with Crippen molar-refractivity contribution in [3.63, 3.8) is 0 Å². The van der Waals surface area contributed by atoms with Crippen molar-refractivity contribution in [2.75, 3.05) is 0 Å². The molecule has 7 heteroatoms. The van der Waals surface area contributed by atoms with E-state index in [1.54, 1.807) is 0 Å². The lowest BCUT2D eigenvalue weighted by atomic mass is 9.54. The van der Waals surface area contributed by atoms with Crippen LogP contribution in [-0.4, -0.2) is 31.6 Å². The summed E-state index contributed by atoms with van der Waals surface area (Å²) in [5.41, 5.74) is -4.38. The minimum atomic E-state index is -1.64. The zero-order chi connectivity index (χ0) is 14.5. The van der Waals surface area contributed by atoms with Gasteiger partial charge >= 0.3 is 0 Å². The van der Waals surface area contributed by atoms with Crippen LogP contribution in [0.1, 0.15) is 52.4 Å². The molecule has 0 bridgehead atoms. The molecule has 2 aliphatic rings. The molecule has 2 rings (SSSR count). The van der Waals surface area contributed by atoms with Gasteiger partial charge in [-0.2, -0.15) is 0 Å². The van der Waals surface area contributed by atoms with Crippen molar-refractivity contribution in [1.82, 2.24) is 0 Å². The van der Waals surface area contributed by atoms with Crippen LogP contribution in [0.2, 0.25) is 0 Å². The second-order valence-corrected chi connectivity index (χ2v) is 6.53. The molecule has 2 saturated carbocycles. The van der Waals surface area contributed by atoms with E-state index in [0.29, 0.717) is 12.8 Å². The van der Waals surface area contributed by atoms with E-state index in [-0.39, 0.29) is 18.8 Å². The first kappa shape index (κ1) is 14.2. The van der Waals surface area contributed by atoms with Crippen molar-refractivity contribution in [1.29, 1.82) is 0 Å². The summed E-state index contributed by atoms with van der Waals surface area (Å²) in [4.78, 5) is 21.8. The summed E-state index contributed by atoms with van der Waals surface area (Å²) in [6.07, 6.45) is 2.61. The molecule has 0 amide bonds. The number of hydrogen-bond donors (Lipinski definition) is 1. The van der Waals surface area contributed by atoms with Gasteiger partial charge in [-0.25, -0.2) is 0 Å². The summed E-state index contributed by atoms with van der Waals surface area (Å²) in [6.45, 7) is 2.83. The lowest BCUT2D eigenvalue weighted by molar-refractivity contribution is -0.641. The van der Waals surface area contributed by atoms with E-state index in [1.165, 1.54) is 13.8 Å². The van der Waals surface area contributed by atoms with Gasteiger partial charge in [0.15, 0.2) is 0 Å². The molecule has 0 aromatic heterocycles. The van der Waals surface area contributed by atoms with Crippen molar-refractivity contribution in [3.8, 4) is 0 Å². The highest BCUT2D eigenvalue weighted by molar-refractivity contribution is 5.11. The standard InChI is InChI=1S/C12H20N2O5/c1-10(13(16)17)7-9-5-3-4-6-12(9,15)11(2,8-10)14(18)19/h9,15H,3-8H2,1-2H3. The van der Waals surface area contributed by atoms with Gasteiger partial charge in [0.2, 0.25) is 5.54 Å². The molecule has 1 N–H and O–H groups in total. The van der Waals surface area contributed by atoms with Gasteiger partial charge in [0.1, 0.15) is 5.60 Å². The quantitative estimate of drug-likeness (QED) is 0.609. The molecule has 0 aromatic carbocycles. The molecule has 7 nitrogen and oxygen atoms in total. The molecule has 0 saturated heterocycles. The second kappa shape index (κ2) is 4.13. The van der Waals surface area contributed by atoms with Crippen molar-refractivity contribution < 1.29 is 15.0 Å². The molecule has 0 aliphatic heterocycles. The maximum Gasteiger partial charge on any atom is 0.254 e. The van der Waals surface area contributed by atoms with E-state index in [1.807, 2.05) is 0 Å². The Morgan fingerprint density at radius 3 is 2.32 bits per heavy atom. The van der Waals surface area contributed by atoms with Gasteiger partial charge in [0, 0.05) is 36.0 Å². The summed E-state index contributed by atoms with van der Waals surface area (Å²) in [5.74, 6) is -0.360. The Bertz CT molecular complexity index is 428. The van der Waals surface area contributed by atoms with Gasteiger partial charge in [-0.15, -0.1) is 0 Å². The maximum atomic E-state index is 11.5. The Balaban J connectivity index is 2.48. The summed E-state index contributed by atoms with van der Waals surface area (Å²) < 4.78 is 0. The third-order valence-electron chi connectivity index (χ3n) is 5.22. The van der Waals surface area contributed by atoms with Crippen LogP contribution in [0.15, 0.2) is 0 Å². The van der Waals surface area contributed by atoms with Crippen LogP contribution in [0, 0.1) is 26.1 Å². The maximum absolute atomic E-state index is 11.5. The monoisotopic (exact) mass is 272 g/mol. The van der Waals surface area contributed by atoms with Gasteiger partial charge in [-0.05, 0) is 12.8 Å². The first-order valence-corrected chi connectivity index (χ1v) is 6.67. The Kier molecular flexibility index (Phi) is 3.08. The van der Waals surface area contributed by atoms with Crippen LogP contribution < -0.4 is 0 Å². The van der Waals surface area contributed by atoms with E-state index in [0.717, 1.165) is 12.8 Å². The van der Waals surface area contributed by atoms with Gasteiger partial charge in [-0.3, -0.25) is 20.2 Å². The molecule has 2 aliphatic carbocycles. The first-order valence-electron chi connectivity index (χ1n) is 6.67. The van der Waals surface area contributed by atoms with Gasteiger partial charge < -0.3 is 5.11 Å². The normalized spacial score (nSPS) is 46.4. The summed E-state index contributed by atoms with van der Waals surface area (Å²) in [7, 11) is 0. The average molecular weight is 272 g/mol. The third-order valence-corrected chi connectivity index (χ3v) is 5.22. The Labute approximate surface area is 111 Å². The van der Waals surface area contributed by atoms with Gasteiger partial charge in [-0.1, -0.05) is 12.8 Å².